The van der Waals surface area contributed by atoms with Crippen LogP contribution in [-0.2, 0) is 28.4 Å². The molecule has 5 heterocycles. The average Bonchev–Trinajstić information content (AvgIpc) is 3.65. The van der Waals surface area contributed by atoms with Crippen molar-refractivity contribution >= 4 is 40.7 Å². The lowest BCUT2D eigenvalue weighted by Gasteiger charge is -2.45. The molecular weight excluding hydrogens is 774 g/mol. The van der Waals surface area contributed by atoms with Crippen molar-refractivity contribution in [3.63, 3.8) is 0 Å². The molecule has 3 atom stereocenters. The third kappa shape index (κ3) is 10.1. The number of pyridine rings is 1. The summed E-state index contributed by atoms with van der Waals surface area (Å²) in [7, 11) is 1.34. The first-order valence-electron chi connectivity index (χ1n) is 18.1. The molecule has 1 aromatic carbocycles. The van der Waals surface area contributed by atoms with Crippen LogP contribution in [0.3, 0.4) is 0 Å². The molecule has 0 radical (unpaired) electrons. The molecule has 0 bridgehead atoms. The highest BCUT2D eigenvalue weighted by molar-refractivity contribution is 7.10. The molecule has 2 aromatic heterocycles. The summed E-state index contributed by atoms with van der Waals surface area (Å²) in [6, 6.07) is 7.28. The van der Waals surface area contributed by atoms with Crippen molar-refractivity contribution in [1.82, 2.24) is 19.7 Å². The summed E-state index contributed by atoms with van der Waals surface area (Å²) in [5.41, 5.74) is 0.0594. The lowest BCUT2D eigenvalue weighted by Crippen LogP contribution is -2.55. The second-order valence-corrected chi connectivity index (χ2v) is 15.2. The molecule has 55 heavy (non-hydrogen) atoms. The smallest absolute Gasteiger partial charge is 0.425 e. The molecule has 9 nitrogen and oxygen atoms in total. The highest BCUT2D eigenvalue weighted by Crippen LogP contribution is 2.40. The molecule has 1 unspecified atom stereocenters. The number of thiophene rings is 1. The van der Waals surface area contributed by atoms with Crippen molar-refractivity contribution in [2.75, 3.05) is 33.3 Å². The molecule has 2 saturated heterocycles. The van der Waals surface area contributed by atoms with Crippen LogP contribution in [0.15, 0.2) is 48.0 Å². The fourth-order valence-electron chi connectivity index (χ4n) is 7.55. The van der Waals surface area contributed by atoms with Crippen molar-refractivity contribution in [3.05, 3.63) is 80.3 Å². The molecular formula is C38H43ClF6N4O5S. The predicted octanol–water partition coefficient (Wildman–Crippen LogP) is 8.05. The van der Waals surface area contributed by atoms with Gasteiger partial charge in [0.25, 0.3) is 5.91 Å². The van der Waals surface area contributed by atoms with Crippen LogP contribution < -0.4 is 4.74 Å². The lowest BCUT2D eigenvalue weighted by atomic mass is 9.82. The Balaban J connectivity index is 0.000000454. The minimum absolute atomic E-state index is 0.0627. The molecule has 3 aliphatic rings. The van der Waals surface area contributed by atoms with Gasteiger partial charge in [-0.15, -0.1) is 11.3 Å². The molecule has 3 amide bonds. The SMILES string of the molecule is CCC[C@@H]1[C@H](C(=O)N2CCc3cc(Cl)ccc3C2CC(=O)N2CCC(O)CC2)CCCN1C(=O)c1ncccc1C(F)(F)F.COc1csc(C(F)(F)F)c1. The van der Waals surface area contributed by atoms with Crippen LogP contribution >= 0.6 is 22.9 Å². The number of amides is 3. The average molecular weight is 817 g/mol. The van der Waals surface area contributed by atoms with E-state index in [1.165, 1.54) is 23.6 Å². The number of benzene rings is 1. The van der Waals surface area contributed by atoms with Crippen LogP contribution in [0.25, 0.3) is 0 Å². The number of carbonyl (C=O) groups excluding carboxylic acids is 3. The number of likely N-dealkylation sites (tertiary alicyclic amines) is 2. The highest BCUT2D eigenvalue weighted by atomic mass is 35.5. The van der Waals surface area contributed by atoms with E-state index in [4.69, 9.17) is 11.6 Å². The van der Waals surface area contributed by atoms with Crippen LogP contribution in [0.2, 0.25) is 5.02 Å². The summed E-state index contributed by atoms with van der Waals surface area (Å²) in [4.78, 5) is 49.7. The third-order valence-electron chi connectivity index (χ3n) is 10.3. The van der Waals surface area contributed by atoms with Crippen LogP contribution in [0.5, 0.6) is 5.75 Å². The van der Waals surface area contributed by atoms with Crippen molar-refractivity contribution in [2.24, 2.45) is 5.92 Å². The van der Waals surface area contributed by atoms with Gasteiger partial charge >= 0.3 is 12.4 Å². The zero-order chi connectivity index (χ0) is 40.1. The van der Waals surface area contributed by atoms with Gasteiger partial charge in [-0.3, -0.25) is 19.4 Å². The van der Waals surface area contributed by atoms with Gasteiger partial charge in [-0.25, -0.2) is 0 Å². The Morgan fingerprint density at radius 3 is 2.33 bits per heavy atom. The fraction of sp³-hybridized carbons (Fsp3) is 0.526. The standard InChI is InChI=1S/C32H38ClF3N4O4.C6H5F3OS/c1-2-5-26-24(6-4-14-39(26)31(44)29-25(32(34,35)36)7-3-13-37-29)30(43)40-17-10-20-18-21(33)8-9-23(20)27(40)19-28(42)38-15-11-22(41)12-16-38;1-10-4-2-5(11-3-4)6(7,8)9/h3,7-9,13,18,22,24,26-27,41H,2,4-6,10-12,14-17,19H2,1H3;2-3H,1H3/t24-,26-,27?;/m1./s1. The Morgan fingerprint density at radius 1 is 0.982 bits per heavy atom. The van der Waals surface area contributed by atoms with Gasteiger partial charge < -0.3 is 24.5 Å². The first-order chi connectivity index (χ1) is 26.0. The van der Waals surface area contributed by atoms with E-state index in [0.29, 0.717) is 80.9 Å². The summed E-state index contributed by atoms with van der Waals surface area (Å²) in [6.07, 6.45) is -4.65. The number of aliphatic hydroxyl groups excluding tert-OH is 1. The quantitative estimate of drug-likeness (QED) is 0.242. The van der Waals surface area contributed by atoms with Crippen molar-refractivity contribution in [2.45, 2.75) is 88.8 Å². The number of rotatable bonds is 7. The molecule has 0 saturated carbocycles. The summed E-state index contributed by atoms with van der Waals surface area (Å²) in [5.74, 6) is -1.52. The molecule has 17 heteroatoms. The zero-order valence-corrected chi connectivity index (χ0v) is 31.9. The number of piperidine rings is 2. The highest BCUT2D eigenvalue weighted by Gasteiger charge is 2.45. The molecule has 2 fully saturated rings. The number of halogens is 7. The maximum atomic E-state index is 14.5. The number of nitrogens with zero attached hydrogens (tertiary/aromatic N) is 4. The Morgan fingerprint density at radius 2 is 1.71 bits per heavy atom. The largest absolute Gasteiger partial charge is 0.496 e. The number of fused-ring (bicyclic) bond motifs is 1. The van der Waals surface area contributed by atoms with Gasteiger partial charge in [0, 0.05) is 54.9 Å². The van der Waals surface area contributed by atoms with Crippen molar-refractivity contribution in [3.8, 4) is 5.75 Å². The minimum Gasteiger partial charge on any atom is -0.496 e. The van der Waals surface area contributed by atoms with Crippen molar-refractivity contribution in [1.29, 1.82) is 0 Å². The van der Waals surface area contributed by atoms with E-state index in [2.05, 4.69) is 9.72 Å². The van der Waals surface area contributed by atoms with E-state index in [1.54, 1.807) is 15.9 Å². The van der Waals surface area contributed by atoms with Crippen LogP contribution in [0.4, 0.5) is 26.3 Å². The van der Waals surface area contributed by atoms with E-state index in [9.17, 15) is 45.8 Å². The van der Waals surface area contributed by atoms with Crippen LogP contribution in [-0.4, -0.2) is 87.9 Å². The van der Waals surface area contributed by atoms with Crippen LogP contribution in [0.1, 0.15) is 90.0 Å². The number of ether oxygens (including phenoxy) is 1. The van der Waals surface area contributed by atoms with Gasteiger partial charge in [0.05, 0.1) is 37.2 Å². The lowest BCUT2D eigenvalue weighted by molar-refractivity contribution is -0.145. The van der Waals surface area contributed by atoms with E-state index in [0.717, 1.165) is 29.3 Å². The number of alkyl halides is 6. The summed E-state index contributed by atoms with van der Waals surface area (Å²) in [6.45, 7) is 3.38. The van der Waals surface area contributed by atoms with Gasteiger partial charge in [-0.05, 0) is 73.9 Å². The van der Waals surface area contributed by atoms with Gasteiger partial charge in [0.2, 0.25) is 11.8 Å². The van der Waals surface area contributed by atoms with Gasteiger partial charge in [0.1, 0.15) is 16.3 Å². The second-order valence-electron chi connectivity index (χ2n) is 13.8. The molecule has 300 valence electrons. The maximum Gasteiger partial charge on any atom is 0.425 e. The normalized spacial score (nSPS) is 20.7. The second kappa shape index (κ2) is 17.9. The number of methoxy groups -OCH3 is 1. The van der Waals surface area contributed by atoms with E-state index in [-0.39, 0.29) is 30.5 Å². The number of aromatic nitrogens is 1. The van der Waals surface area contributed by atoms with Crippen molar-refractivity contribution < 1.29 is 50.6 Å². The van der Waals surface area contributed by atoms with E-state index in [1.807, 2.05) is 19.1 Å². The van der Waals surface area contributed by atoms with E-state index >= 15 is 0 Å². The topological polar surface area (TPSA) is 103 Å². The van der Waals surface area contributed by atoms with E-state index < -0.39 is 58.5 Å². The Labute approximate surface area is 324 Å². The van der Waals surface area contributed by atoms with Gasteiger partial charge in [-0.2, -0.15) is 26.3 Å². The molecule has 0 spiro atoms. The zero-order valence-electron chi connectivity index (χ0n) is 30.3. The Hall–Kier alpha value is -3.89. The maximum absolute atomic E-state index is 14.5. The number of hydrogen-bond donors (Lipinski definition) is 1. The number of aliphatic hydroxyl groups is 1. The molecule has 6 rings (SSSR count). The minimum atomic E-state index is -4.75. The number of carbonyl (C=O) groups is 3. The predicted molar refractivity (Wildman–Crippen MR) is 194 cm³/mol. The van der Waals surface area contributed by atoms with Gasteiger partial charge in [-0.1, -0.05) is 31.0 Å². The monoisotopic (exact) mass is 816 g/mol. The molecule has 1 N–H and O–H groups in total. The van der Waals surface area contributed by atoms with Crippen LogP contribution in [0, 0.1) is 5.92 Å². The number of hydrogen-bond acceptors (Lipinski definition) is 7. The fourth-order valence-corrected chi connectivity index (χ4v) is 8.47. The Bertz CT molecular complexity index is 1820. The Kier molecular flexibility index (Phi) is 13.8. The molecule has 0 aliphatic carbocycles. The summed E-state index contributed by atoms with van der Waals surface area (Å²) >= 11 is 6.91. The molecule has 3 aromatic rings. The summed E-state index contributed by atoms with van der Waals surface area (Å²) in [5, 5.41) is 11.8. The molecule has 3 aliphatic heterocycles. The summed E-state index contributed by atoms with van der Waals surface area (Å²) < 4.78 is 81.7. The first-order valence-corrected chi connectivity index (χ1v) is 19.4. The third-order valence-corrected chi connectivity index (χ3v) is 11.5. The van der Waals surface area contributed by atoms with Gasteiger partial charge in [0.15, 0.2) is 0 Å². The first kappa shape index (κ1) is 42.3.